The number of nitrogens with zero attached hydrogens (tertiary/aromatic N) is 1. The molecule has 2 amide bonds. The first-order valence-electron chi connectivity index (χ1n) is 8.33. The first-order chi connectivity index (χ1) is 11.5. The van der Waals surface area contributed by atoms with Gasteiger partial charge in [0.05, 0.1) is 6.54 Å². The van der Waals surface area contributed by atoms with Crippen LogP contribution >= 0.6 is 0 Å². The van der Waals surface area contributed by atoms with E-state index in [1.165, 1.54) is 5.56 Å². The van der Waals surface area contributed by atoms with Crippen molar-refractivity contribution in [3.8, 4) is 5.75 Å². The van der Waals surface area contributed by atoms with Gasteiger partial charge in [0, 0.05) is 12.2 Å². The van der Waals surface area contributed by atoms with Crippen molar-refractivity contribution in [2.24, 2.45) is 0 Å². The lowest BCUT2D eigenvalue weighted by Crippen LogP contribution is -2.41. The summed E-state index contributed by atoms with van der Waals surface area (Å²) >= 11 is 0. The Balaban J connectivity index is 1.85. The van der Waals surface area contributed by atoms with Gasteiger partial charge in [0.25, 0.3) is 0 Å². The molecule has 1 N–H and O–H groups in total. The summed E-state index contributed by atoms with van der Waals surface area (Å²) < 4.78 is 5.75. The number of carbonyl (C=O) groups is 1. The summed E-state index contributed by atoms with van der Waals surface area (Å²) in [4.78, 5) is 14.1. The largest absolute Gasteiger partial charge is 0.491 e. The summed E-state index contributed by atoms with van der Waals surface area (Å²) in [6.45, 7) is 9.60. The quantitative estimate of drug-likeness (QED) is 0.807. The van der Waals surface area contributed by atoms with Crippen molar-refractivity contribution in [3.05, 3.63) is 59.2 Å². The van der Waals surface area contributed by atoms with Gasteiger partial charge in [-0.1, -0.05) is 29.8 Å². The van der Waals surface area contributed by atoms with Crippen LogP contribution in [0.2, 0.25) is 0 Å². The molecule has 4 nitrogen and oxygen atoms in total. The standard InChI is InChI=1S/C20H26N2O2/c1-5-22(18-8-6-7-15(2)14-18)20(23)21-11-12-24-19-10-9-16(3)13-17(19)4/h6-10,13-14H,5,11-12H2,1-4H3,(H,21,23). The third kappa shape index (κ3) is 4.75. The van der Waals surface area contributed by atoms with Gasteiger partial charge in [0.15, 0.2) is 0 Å². The van der Waals surface area contributed by atoms with Gasteiger partial charge in [-0.2, -0.15) is 0 Å². The highest BCUT2D eigenvalue weighted by atomic mass is 16.5. The lowest BCUT2D eigenvalue weighted by atomic mass is 10.1. The Morgan fingerprint density at radius 2 is 1.83 bits per heavy atom. The van der Waals surface area contributed by atoms with Crippen LogP contribution < -0.4 is 15.0 Å². The molecule has 2 rings (SSSR count). The summed E-state index contributed by atoms with van der Waals surface area (Å²) in [5, 5.41) is 2.91. The number of ether oxygens (including phenoxy) is 1. The lowest BCUT2D eigenvalue weighted by molar-refractivity contribution is 0.242. The van der Waals surface area contributed by atoms with E-state index in [9.17, 15) is 4.79 Å². The second-order valence-electron chi connectivity index (χ2n) is 5.93. The lowest BCUT2D eigenvalue weighted by Gasteiger charge is -2.22. The molecule has 0 fully saturated rings. The molecule has 0 spiro atoms. The molecular formula is C20H26N2O2. The Bertz CT molecular complexity index is 698. The van der Waals surface area contributed by atoms with Crippen LogP contribution in [0.25, 0.3) is 0 Å². The molecule has 0 aliphatic carbocycles. The Morgan fingerprint density at radius 3 is 2.50 bits per heavy atom. The van der Waals surface area contributed by atoms with Crippen molar-refractivity contribution in [2.75, 3.05) is 24.6 Å². The number of nitrogens with one attached hydrogen (secondary N) is 1. The number of urea groups is 1. The van der Waals surface area contributed by atoms with Gasteiger partial charge in [0.2, 0.25) is 0 Å². The topological polar surface area (TPSA) is 41.6 Å². The molecule has 0 aliphatic rings. The van der Waals surface area contributed by atoms with Crippen molar-refractivity contribution in [3.63, 3.8) is 0 Å². The number of hydrogen-bond acceptors (Lipinski definition) is 2. The number of carbonyl (C=O) groups excluding carboxylic acids is 1. The average molecular weight is 326 g/mol. The van der Waals surface area contributed by atoms with Crippen LogP contribution in [-0.2, 0) is 0 Å². The maximum Gasteiger partial charge on any atom is 0.321 e. The van der Waals surface area contributed by atoms with E-state index in [2.05, 4.69) is 18.3 Å². The van der Waals surface area contributed by atoms with E-state index in [1.54, 1.807) is 4.90 Å². The van der Waals surface area contributed by atoms with E-state index < -0.39 is 0 Å². The molecule has 0 saturated heterocycles. The Labute approximate surface area is 144 Å². The monoisotopic (exact) mass is 326 g/mol. The molecule has 0 radical (unpaired) electrons. The molecule has 0 heterocycles. The van der Waals surface area contributed by atoms with Crippen LogP contribution in [0.3, 0.4) is 0 Å². The summed E-state index contributed by atoms with van der Waals surface area (Å²) in [5.41, 5.74) is 4.36. The fraction of sp³-hybridized carbons (Fsp3) is 0.350. The molecule has 0 unspecified atom stereocenters. The fourth-order valence-corrected chi connectivity index (χ4v) is 2.61. The molecule has 0 saturated carbocycles. The normalized spacial score (nSPS) is 10.3. The SMILES string of the molecule is CCN(C(=O)NCCOc1ccc(C)cc1C)c1cccc(C)c1. The number of hydrogen-bond donors (Lipinski definition) is 1. The van der Waals surface area contributed by atoms with Crippen LogP contribution in [0.15, 0.2) is 42.5 Å². The predicted molar refractivity (Wildman–Crippen MR) is 99.0 cm³/mol. The Morgan fingerprint density at radius 1 is 1.08 bits per heavy atom. The highest BCUT2D eigenvalue weighted by Gasteiger charge is 2.13. The molecule has 0 aromatic heterocycles. The van der Waals surface area contributed by atoms with Gasteiger partial charge in [-0.3, -0.25) is 4.90 Å². The summed E-state index contributed by atoms with van der Waals surface area (Å²) in [6, 6.07) is 13.9. The number of amides is 2. The Kier molecular flexibility index (Phi) is 6.24. The van der Waals surface area contributed by atoms with Gasteiger partial charge in [0.1, 0.15) is 12.4 Å². The van der Waals surface area contributed by atoms with Crippen molar-refractivity contribution >= 4 is 11.7 Å². The molecule has 2 aromatic carbocycles. The second-order valence-corrected chi connectivity index (χ2v) is 5.93. The van der Waals surface area contributed by atoms with E-state index >= 15 is 0 Å². The van der Waals surface area contributed by atoms with Crippen LogP contribution in [0.4, 0.5) is 10.5 Å². The maximum atomic E-state index is 12.4. The zero-order valence-corrected chi connectivity index (χ0v) is 14.9. The molecule has 0 aliphatic heterocycles. The Hall–Kier alpha value is -2.49. The number of rotatable bonds is 6. The van der Waals surface area contributed by atoms with Crippen molar-refractivity contribution in [2.45, 2.75) is 27.7 Å². The predicted octanol–water partition coefficient (Wildman–Crippen LogP) is 4.23. The zero-order valence-electron chi connectivity index (χ0n) is 14.9. The van der Waals surface area contributed by atoms with Crippen molar-refractivity contribution in [1.82, 2.24) is 5.32 Å². The number of anilines is 1. The van der Waals surface area contributed by atoms with Crippen LogP contribution in [0, 0.1) is 20.8 Å². The maximum absolute atomic E-state index is 12.4. The molecule has 0 bridgehead atoms. The minimum absolute atomic E-state index is 0.104. The van der Waals surface area contributed by atoms with Gasteiger partial charge < -0.3 is 10.1 Å². The number of benzene rings is 2. The van der Waals surface area contributed by atoms with Crippen LogP contribution in [0.1, 0.15) is 23.6 Å². The van der Waals surface area contributed by atoms with Gasteiger partial charge in [-0.25, -0.2) is 4.79 Å². The van der Waals surface area contributed by atoms with E-state index in [1.807, 2.05) is 57.2 Å². The van der Waals surface area contributed by atoms with Gasteiger partial charge in [-0.15, -0.1) is 0 Å². The van der Waals surface area contributed by atoms with Crippen LogP contribution in [-0.4, -0.2) is 25.7 Å². The molecule has 4 heteroatoms. The second kappa shape index (κ2) is 8.39. The summed E-state index contributed by atoms with van der Waals surface area (Å²) in [6.07, 6.45) is 0. The fourth-order valence-electron chi connectivity index (χ4n) is 2.61. The summed E-state index contributed by atoms with van der Waals surface area (Å²) in [7, 11) is 0. The van der Waals surface area contributed by atoms with E-state index in [-0.39, 0.29) is 6.03 Å². The van der Waals surface area contributed by atoms with E-state index in [4.69, 9.17) is 4.74 Å². The van der Waals surface area contributed by atoms with E-state index in [0.717, 1.165) is 22.6 Å². The minimum atomic E-state index is -0.104. The van der Waals surface area contributed by atoms with E-state index in [0.29, 0.717) is 19.7 Å². The summed E-state index contributed by atoms with van der Waals surface area (Å²) in [5.74, 6) is 0.862. The zero-order chi connectivity index (χ0) is 17.5. The molecular weight excluding hydrogens is 300 g/mol. The first kappa shape index (κ1) is 17.9. The third-order valence-corrected chi connectivity index (χ3v) is 3.84. The minimum Gasteiger partial charge on any atom is -0.491 e. The van der Waals surface area contributed by atoms with Crippen LogP contribution in [0.5, 0.6) is 5.75 Å². The molecule has 0 atom stereocenters. The highest BCUT2D eigenvalue weighted by molar-refractivity contribution is 5.91. The van der Waals surface area contributed by atoms with Crippen molar-refractivity contribution in [1.29, 1.82) is 0 Å². The van der Waals surface area contributed by atoms with Crippen molar-refractivity contribution < 1.29 is 9.53 Å². The third-order valence-electron chi connectivity index (χ3n) is 3.84. The highest BCUT2D eigenvalue weighted by Crippen LogP contribution is 2.18. The average Bonchev–Trinajstić information content (AvgIpc) is 2.54. The molecule has 2 aromatic rings. The first-order valence-corrected chi connectivity index (χ1v) is 8.33. The molecule has 24 heavy (non-hydrogen) atoms. The van der Waals surface area contributed by atoms with Gasteiger partial charge >= 0.3 is 6.03 Å². The molecule has 128 valence electrons. The number of aryl methyl sites for hydroxylation is 3. The van der Waals surface area contributed by atoms with Gasteiger partial charge in [-0.05, 0) is 57.0 Å². The smallest absolute Gasteiger partial charge is 0.321 e.